The van der Waals surface area contributed by atoms with E-state index in [2.05, 4.69) is 20.2 Å². The number of fused-ring (bicyclic) bond motifs is 3. The Bertz CT molecular complexity index is 1700. The SMILES string of the molecule is COc1cccc(N2CCN(C(=O)c3ccc4c(=O)nc5c(-c6cccc(F)c6)n[nH]n5c4c3)CC2)c1. The molecule has 186 valence electrons. The summed E-state index contributed by atoms with van der Waals surface area (Å²) < 4.78 is 20.7. The van der Waals surface area contributed by atoms with Crippen molar-refractivity contribution >= 4 is 28.1 Å². The van der Waals surface area contributed by atoms with Gasteiger partial charge in [0, 0.05) is 49.1 Å². The number of rotatable bonds is 4. The van der Waals surface area contributed by atoms with Crippen LogP contribution < -0.4 is 15.2 Å². The first kappa shape index (κ1) is 22.7. The number of hydrogen-bond acceptors (Lipinski definition) is 6. The molecule has 0 bridgehead atoms. The minimum absolute atomic E-state index is 0.116. The fourth-order valence-corrected chi connectivity index (χ4v) is 4.75. The first-order valence-corrected chi connectivity index (χ1v) is 11.9. The van der Waals surface area contributed by atoms with Crippen molar-refractivity contribution in [1.82, 2.24) is 24.7 Å². The van der Waals surface area contributed by atoms with E-state index in [0.29, 0.717) is 53.9 Å². The molecule has 1 N–H and O–H groups in total. The van der Waals surface area contributed by atoms with Gasteiger partial charge in [-0.1, -0.05) is 18.2 Å². The summed E-state index contributed by atoms with van der Waals surface area (Å²) in [5, 5.41) is 7.48. The Labute approximate surface area is 210 Å². The van der Waals surface area contributed by atoms with Crippen LogP contribution in [-0.4, -0.2) is 63.9 Å². The second-order valence-corrected chi connectivity index (χ2v) is 8.86. The molecular formula is C27H23FN6O3. The van der Waals surface area contributed by atoms with E-state index in [9.17, 15) is 14.0 Å². The lowest BCUT2D eigenvalue weighted by Crippen LogP contribution is -2.48. The minimum Gasteiger partial charge on any atom is -0.497 e. The number of amides is 1. The van der Waals surface area contributed by atoms with E-state index < -0.39 is 11.4 Å². The van der Waals surface area contributed by atoms with Crippen LogP contribution in [0.5, 0.6) is 5.75 Å². The second-order valence-electron chi connectivity index (χ2n) is 8.86. The highest BCUT2D eigenvalue weighted by Crippen LogP contribution is 2.25. The molecule has 1 saturated heterocycles. The number of methoxy groups -OCH3 is 1. The van der Waals surface area contributed by atoms with Gasteiger partial charge in [0.15, 0.2) is 5.65 Å². The van der Waals surface area contributed by atoms with Crippen molar-refractivity contribution < 1.29 is 13.9 Å². The first-order chi connectivity index (χ1) is 18.0. The molecule has 1 amide bonds. The quantitative estimate of drug-likeness (QED) is 0.408. The van der Waals surface area contributed by atoms with E-state index in [1.165, 1.54) is 12.1 Å². The standard InChI is InChI=1S/C27H23FN6O3/c1-37-21-7-3-6-20(16-21)32-10-12-33(13-11-32)27(36)18-8-9-22-23(15-18)34-25(29-26(22)35)24(30-31-34)17-4-2-5-19(28)14-17/h2-9,14-16,31H,10-13H2,1H3. The molecule has 6 rings (SSSR count). The number of H-pyrrole nitrogens is 1. The van der Waals surface area contributed by atoms with Gasteiger partial charge < -0.3 is 14.5 Å². The maximum atomic E-state index is 13.8. The third kappa shape index (κ3) is 4.06. The number of piperazine rings is 1. The maximum Gasteiger partial charge on any atom is 0.281 e. The molecule has 3 heterocycles. The highest BCUT2D eigenvalue weighted by Gasteiger charge is 2.24. The molecule has 1 aliphatic heterocycles. The van der Waals surface area contributed by atoms with Gasteiger partial charge in [0.2, 0.25) is 0 Å². The number of carbonyl (C=O) groups excluding carboxylic acids is 1. The summed E-state index contributed by atoms with van der Waals surface area (Å²) >= 11 is 0. The Morgan fingerprint density at radius 1 is 1.00 bits per heavy atom. The Morgan fingerprint density at radius 3 is 2.59 bits per heavy atom. The first-order valence-electron chi connectivity index (χ1n) is 11.9. The van der Waals surface area contributed by atoms with Crippen LogP contribution in [0.4, 0.5) is 10.1 Å². The molecule has 5 aromatic rings. The summed E-state index contributed by atoms with van der Waals surface area (Å²) in [5.41, 5.74) is 2.66. The third-order valence-corrected chi connectivity index (χ3v) is 6.69. The molecule has 0 spiro atoms. The Morgan fingerprint density at radius 2 is 1.81 bits per heavy atom. The maximum absolute atomic E-state index is 13.8. The van der Waals surface area contributed by atoms with Crippen LogP contribution in [0.3, 0.4) is 0 Å². The lowest BCUT2D eigenvalue weighted by Gasteiger charge is -2.36. The van der Waals surface area contributed by atoms with Crippen molar-refractivity contribution in [3.63, 3.8) is 0 Å². The Balaban J connectivity index is 1.29. The molecule has 3 aromatic carbocycles. The van der Waals surface area contributed by atoms with Crippen molar-refractivity contribution in [2.24, 2.45) is 0 Å². The molecule has 1 fully saturated rings. The fourth-order valence-electron chi connectivity index (χ4n) is 4.75. The minimum atomic E-state index is -0.444. The Hall–Kier alpha value is -4.73. The number of halogens is 1. The van der Waals surface area contributed by atoms with Crippen LogP contribution in [-0.2, 0) is 0 Å². The number of anilines is 1. The van der Waals surface area contributed by atoms with Crippen LogP contribution in [0.15, 0.2) is 71.5 Å². The number of hydrogen-bond donors (Lipinski definition) is 1. The fraction of sp³-hybridized carbons (Fsp3) is 0.185. The molecule has 0 unspecified atom stereocenters. The molecule has 0 radical (unpaired) electrons. The summed E-state index contributed by atoms with van der Waals surface area (Å²) in [6, 6.07) is 18.7. The van der Waals surface area contributed by atoms with Crippen molar-refractivity contribution in [3.05, 3.63) is 88.5 Å². The molecule has 37 heavy (non-hydrogen) atoms. The van der Waals surface area contributed by atoms with Crippen molar-refractivity contribution in [3.8, 4) is 17.0 Å². The highest BCUT2D eigenvalue weighted by atomic mass is 19.1. The highest BCUT2D eigenvalue weighted by molar-refractivity contribution is 5.98. The summed E-state index contributed by atoms with van der Waals surface area (Å²) in [6.07, 6.45) is 0. The topological polar surface area (TPSA) is 95.8 Å². The average molecular weight is 499 g/mol. The van der Waals surface area contributed by atoms with Crippen LogP contribution in [0.1, 0.15) is 10.4 Å². The zero-order valence-electron chi connectivity index (χ0n) is 20.0. The van der Waals surface area contributed by atoms with Crippen LogP contribution in [0.2, 0.25) is 0 Å². The zero-order chi connectivity index (χ0) is 25.5. The van der Waals surface area contributed by atoms with Gasteiger partial charge in [0.1, 0.15) is 17.3 Å². The van der Waals surface area contributed by atoms with E-state index in [-0.39, 0.29) is 11.6 Å². The molecule has 0 aliphatic carbocycles. The predicted molar refractivity (Wildman–Crippen MR) is 138 cm³/mol. The summed E-state index contributed by atoms with van der Waals surface area (Å²) in [7, 11) is 1.64. The molecular weight excluding hydrogens is 475 g/mol. The number of ether oxygens (including phenoxy) is 1. The Kier molecular flexibility index (Phi) is 5.56. The largest absolute Gasteiger partial charge is 0.497 e. The van der Waals surface area contributed by atoms with E-state index in [0.717, 1.165) is 11.4 Å². The summed E-state index contributed by atoms with van der Waals surface area (Å²) in [6.45, 7) is 2.51. The zero-order valence-corrected chi connectivity index (χ0v) is 20.0. The lowest BCUT2D eigenvalue weighted by molar-refractivity contribution is 0.0747. The van der Waals surface area contributed by atoms with Gasteiger partial charge in [0.05, 0.1) is 18.0 Å². The van der Waals surface area contributed by atoms with Gasteiger partial charge in [-0.25, -0.2) is 14.1 Å². The normalized spacial score (nSPS) is 13.9. The van der Waals surface area contributed by atoms with E-state index in [4.69, 9.17) is 4.74 Å². The number of aromatic amines is 1. The lowest BCUT2D eigenvalue weighted by atomic mass is 10.1. The third-order valence-electron chi connectivity index (χ3n) is 6.69. The van der Waals surface area contributed by atoms with Gasteiger partial charge in [-0.05, 0) is 42.5 Å². The number of benzene rings is 3. The molecule has 2 aromatic heterocycles. The smallest absolute Gasteiger partial charge is 0.281 e. The number of nitrogens with zero attached hydrogens (tertiary/aromatic N) is 5. The molecule has 0 saturated carbocycles. The summed E-state index contributed by atoms with van der Waals surface area (Å²) in [5.74, 6) is 0.263. The number of nitrogens with one attached hydrogen (secondary N) is 1. The number of aromatic nitrogens is 4. The van der Waals surface area contributed by atoms with E-state index in [1.807, 2.05) is 29.2 Å². The number of carbonyl (C=O) groups is 1. The van der Waals surface area contributed by atoms with Crippen LogP contribution >= 0.6 is 0 Å². The van der Waals surface area contributed by atoms with Gasteiger partial charge in [0.25, 0.3) is 11.5 Å². The van der Waals surface area contributed by atoms with Crippen molar-refractivity contribution in [2.45, 2.75) is 0 Å². The predicted octanol–water partition coefficient (Wildman–Crippen LogP) is 3.35. The molecule has 9 nitrogen and oxygen atoms in total. The van der Waals surface area contributed by atoms with Crippen molar-refractivity contribution in [1.29, 1.82) is 0 Å². The molecule has 1 aliphatic rings. The van der Waals surface area contributed by atoms with Crippen LogP contribution in [0.25, 0.3) is 27.8 Å². The van der Waals surface area contributed by atoms with Crippen LogP contribution in [0, 0.1) is 5.82 Å². The second kappa shape index (κ2) is 9.05. The van der Waals surface area contributed by atoms with Gasteiger partial charge >= 0.3 is 0 Å². The molecule has 0 atom stereocenters. The van der Waals surface area contributed by atoms with E-state index >= 15 is 0 Å². The van der Waals surface area contributed by atoms with Gasteiger partial charge in [-0.2, -0.15) is 10.1 Å². The van der Waals surface area contributed by atoms with Gasteiger partial charge in [-0.15, -0.1) is 0 Å². The summed E-state index contributed by atoms with van der Waals surface area (Å²) in [4.78, 5) is 34.4. The average Bonchev–Trinajstić information content (AvgIpc) is 3.36. The monoisotopic (exact) mass is 498 g/mol. The van der Waals surface area contributed by atoms with Crippen molar-refractivity contribution in [2.75, 3.05) is 38.2 Å². The molecule has 10 heteroatoms. The van der Waals surface area contributed by atoms with Gasteiger partial charge in [-0.3, -0.25) is 9.59 Å². The van der Waals surface area contributed by atoms with E-state index in [1.54, 1.807) is 42.0 Å².